The van der Waals surface area contributed by atoms with Crippen molar-refractivity contribution in [1.29, 1.82) is 0 Å². The third-order valence-electron chi connectivity index (χ3n) is 1.68. The molecule has 0 atom stereocenters. The van der Waals surface area contributed by atoms with E-state index < -0.39 is 0 Å². The highest BCUT2D eigenvalue weighted by Crippen LogP contribution is 1.99. The fourth-order valence-corrected chi connectivity index (χ4v) is 0.955. The monoisotopic (exact) mass is 196 g/mol. The summed E-state index contributed by atoms with van der Waals surface area (Å²) in [5, 5.41) is 8.03. The van der Waals surface area contributed by atoms with E-state index in [1.54, 1.807) is 0 Å². The van der Waals surface area contributed by atoms with Crippen molar-refractivity contribution >= 4 is 0 Å². The molecule has 4 heteroatoms. The minimum absolute atomic E-state index is 0.526. The van der Waals surface area contributed by atoms with E-state index in [1.807, 2.05) is 26.0 Å². The Morgan fingerprint density at radius 1 is 0.929 bits per heavy atom. The second-order valence-electron chi connectivity index (χ2n) is 2.79. The van der Waals surface area contributed by atoms with Crippen LogP contribution < -0.4 is 0 Å². The molecule has 0 amide bonds. The van der Waals surface area contributed by atoms with Crippen molar-refractivity contribution < 1.29 is 9.47 Å². The molecule has 14 heavy (non-hydrogen) atoms. The predicted octanol–water partition coefficient (Wildman–Crippen LogP) is 1.55. The molecule has 1 aromatic heterocycles. The average molecular weight is 196 g/mol. The summed E-state index contributed by atoms with van der Waals surface area (Å²) in [5.41, 5.74) is 1.71. The van der Waals surface area contributed by atoms with Crippen LogP contribution in [0.1, 0.15) is 25.2 Å². The van der Waals surface area contributed by atoms with Crippen LogP contribution >= 0.6 is 0 Å². The highest BCUT2D eigenvalue weighted by molar-refractivity contribution is 5.05. The number of rotatable bonds is 6. The first-order chi connectivity index (χ1) is 6.86. The van der Waals surface area contributed by atoms with E-state index >= 15 is 0 Å². The molecular formula is C10H16N2O2. The van der Waals surface area contributed by atoms with Crippen molar-refractivity contribution in [3.63, 3.8) is 0 Å². The van der Waals surface area contributed by atoms with Gasteiger partial charge in [-0.15, -0.1) is 0 Å². The van der Waals surface area contributed by atoms with E-state index in [1.165, 1.54) is 0 Å². The van der Waals surface area contributed by atoms with E-state index in [9.17, 15) is 0 Å². The first-order valence-corrected chi connectivity index (χ1v) is 4.83. The number of nitrogens with zero attached hydrogens (tertiary/aromatic N) is 2. The Morgan fingerprint density at radius 2 is 1.36 bits per heavy atom. The number of hydrogen-bond acceptors (Lipinski definition) is 4. The van der Waals surface area contributed by atoms with Crippen molar-refractivity contribution in [3.05, 3.63) is 23.5 Å². The van der Waals surface area contributed by atoms with E-state index in [0.29, 0.717) is 26.4 Å². The Hall–Kier alpha value is -1.00. The lowest BCUT2D eigenvalue weighted by atomic mass is 10.3. The lowest BCUT2D eigenvalue weighted by Crippen LogP contribution is -2.01. The Bertz CT molecular complexity index is 222. The Balaban J connectivity index is 2.42. The fourth-order valence-electron chi connectivity index (χ4n) is 0.955. The number of hydrogen-bond donors (Lipinski definition) is 0. The Labute approximate surface area is 84.3 Å². The van der Waals surface area contributed by atoms with Crippen molar-refractivity contribution in [2.75, 3.05) is 13.2 Å². The number of aromatic nitrogens is 2. The van der Waals surface area contributed by atoms with Crippen LogP contribution in [0.5, 0.6) is 0 Å². The van der Waals surface area contributed by atoms with Crippen molar-refractivity contribution in [1.82, 2.24) is 10.2 Å². The van der Waals surface area contributed by atoms with Crippen LogP contribution in [-0.4, -0.2) is 23.4 Å². The summed E-state index contributed by atoms with van der Waals surface area (Å²) in [7, 11) is 0. The summed E-state index contributed by atoms with van der Waals surface area (Å²) in [4.78, 5) is 0. The molecule has 0 bridgehead atoms. The van der Waals surface area contributed by atoms with Gasteiger partial charge in [0.1, 0.15) is 0 Å². The number of ether oxygens (including phenoxy) is 2. The molecular weight excluding hydrogens is 180 g/mol. The van der Waals surface area contributed by atoms with Gasteiger partial charge in [0.25, 0.3) is 0 Å². The molecule has 0 saturated carbocycles. The first kappa shape index (κ1) is 11.1. The molecule has 1 heterocycles. The van der Waals surface area contributed by atoms with E-state index in [4.69, 9.17) is 9.47 Å². The summed E-state index contributed by atoms with van der Waals surface area (Å²) < 4.78 is 10.4. The summed E-state index contributed by atoms with van der Waals surface area (Å²) in [6.45, 7) is 6.36. The molecule has 0 N–H and O–H groups in total. The zero-order chi connectivity index (χ0) is 10.2. The van der Waals surface area contributed by atoms with Gasteiger partial charge in [0.15, 0.2) is 0 Å². The molecule has 1 rings (SSSR count). The zero-order valence-electron chi connectivity index (χ0n) is 8.69. The summed E-state index contributed by atoms with van der Waals surface area (Å²) >= 11 is 0. The molecule has 0 unspecified atom stereocenters. The maximum absolute atomic E-state index is 5.21. The molecule has 78 valence electrons. The maximum Gasteiger partial charge on any atom is 0.0906 e. The van der Waals surface area contributed by atoms with Gasteiger partial charge in [-0.05, 0) is 26.0 Å². The molecule has 1 aromatic rings. The molecule has 0 aliphatic rings. The van der Waals surface area contributed by atoms with Crippen LogP contribution in [0.15, 0.2) is 12.1 Å². The summed E-state index contributed by atoms with van der Waals surface area (Å²) in [6.07, 6.45) is 0. The van der Waals surface area contributed by atoms with Gasteiger partial charge in [0, 0.05) is 13.2 Å². The van der Waals surface area contributed by atoms with Gasteiger partial charge in [-0.3, -0.25) is 0 Å². The molecule has 0 radical (unpaired) electrons. The lowest BCUT2D eigenvalue weighted by molar-refractivity contribution is 0.126. The molecule has 0 fully saturated rings. The standard InChI is InChI=1S/C10H16N2O2/c1-3-13-7-9-5-6-10(12-11-9)8-14-4-2/h5-6H,3-4,7-8H2,1-2H3. The van der Waals surface area contributed by atoms with Gasteiger partial charge < -0.3 is 9.47 Å². The quantitative estimate of drug-likeness (QED) is 0.692. The largest absolute Gasteiger partial charge is 0.375 e. The fraction of sp³-hybridized carbons (Fsp3) is 0.600. The van der Waals surface area contributed by atoms with Gasteiger partial charge in [-0.2, -0.15) is 10.2 Å². The minimum Gasteiger partial charge on any atom is -0.375 e. The second-order valence-corrected chi connectivity index (χ2v) is 2.79. The third-order valence-corrected chi connectivity index (χ3v) is 1.68. The predicted molar refractivity (Wildman–Crippen MR) is 52.7 cm³/mol. The highest BCUT2D eigenvalue weighted by atomic mass is 16.5. The topological polar surface area (TPSA) is 44.2 Å². The second kappa shape index (κ2) is 6.45. The highest BCUT2D eigenvalue weighted by Gasteiger charge is 1.97. The third kappa shape index (κ3) is 3.81. The van der Waals surface area contributed by atoms with Crippen LogP contribution in [0.3, 0.4) is 0 Å². The lowest BCUT2D eigenvalue weighted by Gasteiger charge is -2.02. The van der Waals surface area contributed by atoms with Gasteiger partial charge in [-0.25, -0.2) is 0 Å². The SMILES string of the molecule is CCOCc1ccc(COCC)nn1. The smallest absolute Gasteiger partial charge is 0.0906 e. The average Bonchev–Trinajstić information content (AvgIpc) is 2.25. The van der Waals surface area contributed by atoms with Crippen LogP contribution in [0.2, 0.25) is 0 Å². The van der Waals surface area contributed by atoms with E-state index in [0.717, 1.165) is 11.4 Å². The van der Waals surface area contributed by atoms with Crippen LogP contribution in [0.4, 0.5) is 0 Å². The maximum atomic E-state index is 5.21. The van der Waals surface area contributed by atoms with Crippen molar-refractivity contribution in [2.24, 2.45) is 0 Å². The summed E-state index contributed by atoms with van der Waals surface area (Å²) in [6, 6.07) is 3.83. The molecule has 0 saturated heterocycles. The molecule has 0 aliphatic carbocycles. The van der Waals surface area contributed by atoms with Crippen LogP contribution in [0.25, 0.3) is 0 Å². The van der Waals surface area contributed by atoms with Crippen molar-refractivity contribution in [3.8, 4) is 0 Å². The van der Waals surface area contributed by atoms with Gasteiger partial charge >= 0.3 is 0 Å². The molecule has 4 nitrogen and oxygen atoms in total. The summed E-state index contributed by atoms with van der Waals surface area (Å²) in [5.74, 6) is 0. The minimum atomic E-state index is 0.526. The normalized spacial score (nSPS) is 10.4. The van der Waals surface area contributed by atoms with Gasteiger partial charge in [0.05, 0.1) is 24.6 Å². The first-order valence-electron chi connectivity index (χ1n) is 4.83. The van der Waals surface area contributed by atoms with Gasteiger partial charge in [-0.1, -0.05) is 0 Å². The van der Waals surface area contributed by atoms with Crippen LogP contribution in [-0.2, 0) is 22.7 Å². The molecule has 0 spiro atoms. The van der Waals surface area contributed by atoms with Crippen molar-refractivity contribution in [2.45, 2.75) is 27.1 Å². The molecule has 0 aromatic carbocycles. The van der Waals surface area contributed by atoms with E-state index in [-0.39, 0.29) is 0 Å². The van der Waals surface area contributed by atoms with Crippen LogP contribution in [0, 0.1) is 0 Å². The Morgan fingerprint density at radius 3 is 1.64 bits per heavy atom. The molecule has 0 aliphatic heterocycles. The Kier molecular flexibility index (Phi) is 5.11. The van der Waals surface area contributed by atoms with E-state index in [2.05, 4.69) is 10.2 Å². The zero-order valence-corrected chi connectivity index (χ0v) is 8.69. The van der Waals surface area contributed by atoms with Gasteiger partial charge in [0.2, 0.25) is 0 Å².